The number of hydrogen-bond donors (Lipinski definition) is 1. The summed E-state index contributed by atoms with van der Waals surface area (Å²) in [6.45, 7) is 2.46. The lowest BCUT2D eigenvalue weighted by Gasteiger charge is -2.32. The molecule has 1 fully saturated rings. The minimum absolute atomic E-state index is 0.707. The summed E-state index contributed by atoms with van der Waals surface area (Å²) in [5.41, 5.74) is 0. The van der Waals surface area contributed by atoms with Crippen molar-refractivity contribution < 1.29 is 0 Å². The van der Waals surface area contributed by atoms with E-state index in [0.29, 0.717) is 6.04 Å². The first kappa shape index (κ1) is 6.23. The fraction of sp³-hybridized carbons (Fsp3) is 0.750. The van der Waals surface area contributed by atoms with Gasteiger partial charge in [0.2, 0.25) is 0 Å². The van der Waals surface area contributed by atoms with Crippen molar-refractivity contribution in [1.29, 1.82) is 0 Å². The van der Waals surface area contributed by atoms with Crippen molar-refractivity contribution in [2.45, 2.75) is 12.5 Å². The van der Waals surface area contributed by atoms with Crippen LogP contribution >= 0.6 is 0 Å². The Bertz CT molecular complexity index is 153. The summed E-state index contributed by atoms with van der Waals surface area (Å²) < 4.78 is 0. The van der Waals surface area contributed by atoms with Crippen molar-refractivity contribution in [1.82, 2.24) is 10.2 Å². The summed E-state index contributed by atoms with van der Waals surface area (Å²) in [5.74, 6) is 0.816. The Morgan fingerprint density at radius 1 is 1.60 bits per heavy atom. The van der Waals surface area contributed by atoms with Crippen LogP contribution in [0.25, 0.3) is 0 Å². The molecule has 2 heteroatoms. The fourth-order valence-electron chi connectivity index (χ4n) is 1.84. The van der Waals surface area contributed by atoms with Crippen LogP contribution < -0.4 is 5.32 Å². The van der Waals surface area contributed by atoms with E-state index in [9.17, 15) is 0 Å². The van der Waals surface area contributed by atoms with E-state index in [1.165, 1.54) is 19.5 Å². The van der Waals surface area contributed by atoms with E-state index in [0.717, 1.165) is 5.92 Å². The van der Waals surface area contributed by atoms with E-state index in [-0.39, 0.29) is 0 Å². The van der Waals surface area contributed by atoms with Gasteiger partial charge in [-0.2, -0.15) is 0 Å². The van der Waals surface area contributed by atoms with E-state index in [1.807, 2.05) is 0 Å². The van der Waals surface area contributed by atoms with Crippen molar-refractivity contribution >= 4 is 0 Å². The first-order valence-electron chi connectivity index (χ1n) is 3.97. The van der Waals surface area contributed by atoms with Gasteiger partial charge in [-0.1, -0.05) is 6.08 Å². The first-order valence-corrected chi connectivity index (χ1v) is 3.97. The zero-order valence-corrected chi connectivity index (χ0v) is 6.38. The largest absolute Gasteiger partial charge is 0.387 e. The van der Waals surface area contributed by atoms with Crippen LogP contribution in [-0.2, 0) is 0 Å². The Morgan fingerprint density at radius 3 is 3.40 bits per heavy atom. The lowest BCUT2D eigenvalue weighted by molar-refractivity contribution is 0.211. The molecule has 0 spiro atoms. The molecule has 0 bridgehead atoms. The second-order valence-electron chi connectivity index (χ2n) is 3.35. The Kier molecular flexibility index (Phi) is 1.42. The Labute approximate surface area is 61.9 Å². The van der Waals surface area contributed by atoms with Crippen LogP contribution in [0.2, 0.25) is 0 Å². The van der Waals surface area contributed by atoms with E-state index in [2.05, 4.69) is 29.5 Å². The van der Waals surface area contributed by atoms with Gasteiger partial charge in [0, 0.05) is 18.5 Å². The predicted molar refractivity (Wildman–Crippen MR) is 41.7 cm³/mol. The van der Waals surface area contributed by atoms with Gasteiger partial charge >= 0.3 is 0 Å². The molecule has 0 radical (unpaired) electrons. The molecule has 1 saturated heterocycles. The van der Waals surface area contributed by atoms with Crippen molar-refractivity contribution in [3.8, 4) is 0 Å². The maximum absolute atomic E-state index is 3.37. The van der Waals surface area contributed by atoms with E-state index in [1.54, 1.807) is 0 Å². The maximum atomic E-state index is 3.37. The lowest BCUT2D eigenvalue weighted by atomic mass is 9.94. The van der Waals surface area contributed by atoms with Gasteiger partial charge in [0.15, 0.2) is 0 Å². The number of likely N-dealkylation sites (N-methyl/N-ethyl adjacent to an activating group) is 1. The van der Waals surface area contributed by atoms with Crippen LogP contribution in [0, 0.1) is 5.92 Å². The van der Waals surface area contributed by atoms with E-state index >= 15 is 0 Å². The normalized spacial score (nSPS) is 39.3. The zero-order chi connectivity index (χ0) is 6.97. The van der Waals surface area contributed by atoms with Crippen molar-refractivity contribution in [3.63, 3.8) is 0 Å². The van der Waals surface area contributed by atoms with Crippen molar-refractivity contribution in [2.24, 2.45) is 5.92 Å². The molecule has 0 aromatic carbocycles. The Balaban J connectivity index is 2.01. The van der Waals surface area contributed by atoms with E-state index < -0.39 is 0 Å². The number of fused-ring (bicyclic) bond motifs is 1. The summed E-state index contributed by atoms with van der Waals surface area (Å²) in [6.07, 6.45) is 5.73. The number of likely N-dealkylation sites (tertiary alicyclic amines) is 1. The van der Waals surface area contributed by atoms with E-state index in [4.69, 9.17) is 0 Å². The highest BCUT2D eigenvalue weighted by Crippen LogP contribution is 2.21. The Morgan fingerprint density at radius 2 is 2.50 bits per heavy atom. The number of piperidine rings is 1. The van der Waals surface area contributed by atoms with Crippen molar-refractivity contribution in [2.75, 3.05) is 20.1 Å². The van der Waals surface area contributed by atoms with Crippen LogP contribution in [0.4, 0.5) is 0 Å². The average Bonchev–Trinajstić information content (AvgIpc) is 2.33. The SMILES string of the molecule is CN1CCC2C=CNC2C1. The minimum Gasteiger partial charge on any atom is -0.387 e. The number of rotatable bonds is 0. The second kappa shape index (κ2) is 2.27. The smallest absolute Gasteiger partial charge is 0.0446 e. The second-order valence-corrected chi connectivity index (χ2v) is 3.35. The highest BCUT2D eigenvalue weighted by Gasteiger charge is 2.27. The summed E-state index contributed by atoms with van der Waals surface area (Å²) in [5, 5.41) is 3.37. The monoisotopic (exact) mass is 138 g/mol. The average molecular weight is 138 g/mol. The van der Waals surface area contributed by atoms with Gasteiger partial charge in [-0.15, -0.1) is 0 Å². The molecule has 10 heavy (non-hydrogen) atoms. The Hall–Kier alpha value is -0.500. The fourth-order valence-corrected chi connectivity index (χ4v) is 1.84. The molecular weight excluding hydrogens is 124 g/mol. The molecule has 0 saturated carbocycles. The molecule has 2 heterocycles. The number of nitrogens with one attached hydrogen (secondary N) is 1. The quantitative estimate of drug-likeness (QED) is 0.522. The molecule has 2 aliphatic rings. The van der Waals surface area contributed by atoms with Gasteiger partial charge in [-0.05, 0) is 26.2 Å². The van der Waals surface area contributed by atoms with Gasteiger partial charge in [-0.3, -0.25) is 0 Å². The lowest BCUT2D eigenvalue weighted by Crippen LogP contribution is -2.44. The van der Waals surface area contributed by atoms with Gasteiger partial charge in [0.05, 0.1) is 0 Å². The third-order valence-corrected chi connectivity index (χ3v) is 2.52. The third-order valence-electron chi connectivity index (χ3n) is 2.52. The molecule has 0 amide bonds. The van der Waals surface area contributed by atoms with Crippen molar-refractivity contribution in [3.05, 3.63) is 12.3 Å². The molecule has 0 aromatic rings. The molecule has 0 aromatic heterocycles. The van der Waals surface area contributed by atoms with Crippen LogP contribution in [0.5, 0.6) is 0 Å². The molecule has 2 rings (SSSR count). The summed E-state index contributed by atoms with van der Waals surface area (Å²) in [7, 11) is 2.19. The van der Waals surface area contributed by atoms with Gasteiger partial charge < -0.3 is 10.2 Å². The standard InChI is InChI=1S/C8H14N2/c1-10-5-3-7-2-4-9-8(7)6-10/h2,4,7-9H,3,5-6H2,1H3. The summed E-state index contributed by atoms with van der Waals surface area (Å²) in [6, 6.07) is 0.707. The van der Waals surface area contributed by atoms with Gasteiger partial charge in [0.1, 0.15) is 0 Å². The highest BCUT2D eigenvalue weighted by molar-refractivity contribution is 5.05. The molecule has 2 unspecified atom stereocenters. The summed E-state index contributed by atoms with van der Waals surface area (Å²) >= 11 is 0. The van der Waals surface area contributed by atoms with Gasteiger partial charge in [-0.25, -0.2) is 0 Å². The molecule has 2 nitrogen and oxygen atoms in total. The first-order chi connectivity index (χ1) is 4.86. The van der Waals surface area contributed by atoms with Crippen LogP contribution in [0.3, 0.4) is 0 Å². The molecular formula is C8H14N2. The summed E-state index contributed by atoms with van der Waals surface area (Å²) in [4.78, 5) is 2.39. The molecule has 0 aliphatic carbocycles. The van der Waals surface area contributed by atoms with Gasteiger partial charge in [0.25, 0.3) is 0 Å². The predicted octanol–water partition coefficient (Wildman–Crippen LogP) is 0.424. The topological polar surface area (TPSA) is 15.3 Å². The number of nitrogens with zero attached hydrogens (tertiary/aromatic N) is 1. The number of hydrogen-bond acceptors (Lipinski definition) is 2. The highest BCUT2D eigenvalue weighted by atomic mass is 15.1. The molecule has 1 N–H and O–H groups in total. The molecule has 56 valence electrons. The van der Waals surface area contributed by atoms with Crippen LogP contribution in [0.15, 0.2) is 12.3 Å². The third kappa shape index (κ3) is 0.926. The van der Waals surface area contributed by atoms with Crippen LogP contribution in [-0.4, -0.2) is 31.1 Å². The zero-order valence-electron chi connectivity index (χ0n) is 6.38. The molecule has 2 atom stereocenters. The molecule has 2 aliphatic heterocycles. The maximum Gasteiger partial charge on any atom is 0.0446 e. The van der Waals surface area contributed by atoms with Crippen LogP contribution in [0.1, 0.15) is 6.42 Å². The minimum atomic E-state index is 0.707.